The Balaban J connectivity index is 1.86. The van der Waals surface area contributed by atoms with E-state index >= 15 is 0 Å². The fourth-order valence-corrected chi connectivity index (χ4v) is 10.5. The second-order valence-corrected chi connectivity index (χ2v) is 14.7. The lowest BCUT2D eigenvalue weighted by molar-refractivity contribution is -0.153. The van der Waals surface area contributed by atoms with Crippen molar-refractivity contribution in [3.05, 3.63) is 121 Å². The fraction of sp³-hybridized carbons (Fsp3) is 0.250. The molecule has 2 unspecified atom stereocenters. The zero-order valence-electron chi connectivity index (χ0n) is 25.6. The third-order valence-corrected chi connectivity index (χ3v) is 12.5. The Bertz CT molecular complexity index is 1610. The van der Waals surface area contributed by atoms with Gasteiger partial charge in [0.05, 0.1) is 12.0 Å². The van der Waals surface area contributed by atoms with Crippen LogP contribution in [0.2, 0.25) is 0 Å². The number of carbonyl (C=O) groups excluding carboxylic acids is 3. The second kappa shape index (κ2) is 13.0. The van der Waals surface area contributed by atoms with Gasteiger partial charge >= 0.3 is 5.97 Å². The van der Waals surface area contributed by atoms with Crippen molar-refractivity contribution in [2.75, 3.05) is 6.61 Å². The molecule has 0 aliphatic carbocycles. The average molecular weight is 608 g/mol. The van der Waals surface area contributed by atoms with Crippen LogP contribution in [0.4, 0.5) is 0 Å². The number of benzene rings is 3. The number of ketones is 1. The Kier molecular flexibility index (Phi) is 9.17. The summed E-state index contributed by atoms with van der Waals surface area (Å²) in [7, 11) is 1.79. The van der Waals surface area contributed by atoms with Gasteiger partial charge < -0.3 is 9.64 Å². The standard InChI is InChI=1S/C36H38N3O4P/c1-6-22-43-36(42)35(39-31(33(25(2)3)34(39)41)24-32(40)30-23-26(4)38(5)37-30)44(27-16-10-7-11-17-27,28-18-12-8-13-19-28)29-20-14-9-15-21-29/h6-21,23,25,31,33H,1,22,24H2,2-5H3. The lowest BCUT2D eigenvalue weighted by Gasteiger charge is -2.51. The van der Waals surface area contributed by atoms with Crippen molar-refractivity contribution in [2.45, 2.75) is 33.2 Å². The smallest absolute Gasteiger partial charge is 0.356 e. The highest BCUT2D eigenvalue weighted by Gasteiger charge is 2.55. The number of hydrogen-bond acceptors (Lipinski definition) is 5. The quantitative estimate of drug-likeness (QED) is 0.0817. The predicted molar refractivity (Wildman–Crippen MR) is 177 cm³/mol. The lowest BCUT2D eigenvalue weighted by atomic mass is 9.76. The minimum atomic E-state index is -3.05. The molecule has 1 aromatic heterocycles. The minimum absolute atomic E-state index is 0.0207. The molecule has 1 amide bonds. The van der Waals surface area contributed by atoms with Crippen molar-refractivity contribution in [3.8, 4) is 0 Å². The number of amides is 1. The van der Waals surface area contributed by atoms with Crippen molar-refractivity contribution in [1.29, 1.82) is 0 Å². The Morgan fingerprint density at radius 3 is 1.84 bits per heavy atom. The number of likely N-dealkylation sites (tertiary alicyclic amines) is 1. The largest absolute Gasteiger partial charge is 0.457 e. The Morgan fingerprint density at radius 1 is 0.932 bits per heavy atom. The summed E-state index contributed by atoms with van der Waals surface area (Å²) in [5, 5.41) is 7.10. The number of hydrogen-bond donors (Lipinski definition) is 0. The molecule has 1 aliphatic heterocycles. The fourth-order valence-electron chi connectivity index (χ4n) is 6.13. The second-order valence-electron chi connectivity index (χ2n) is 11.4. The van der Waals surface area contributed by atoms with Crippen LogP contribution in [0, 0.1) is 18.8 Å². The summed E-state index contributed by atoms with van der Waals surface area (Å²) in [4.78, 5) is 44.1. The Hall–Kier alpha value is -4.48. The molecule has 0 saturated carbocycles. The molecule has 3 aromatic carbocycles. The van der Waals surface area contributed by atoms with Gasteiger partial charge in [0, 0.05) is 26.0 Å². The van der Waals surface area contributed by atoms with Crippen molar-refractivity contribution in [3.63, 3.8) is 0 Å². The minimum Gasteiger partial charge on any atom is -0.457 e. The normalized spacial score (nSPS) is 16.4. The number of carbonyl (C=O) groups is 3. The summed E-state index contributed by atoms with van der Waals surface area (Å²) >= 11 is 0. The van der Waals surface area contributed by atoms with E-state index in [1.807, 2.05) is 112 Å². The summed E-state index contributed by atoms with van der Waals surface area (Å²) in [6, 6.07) is 30.7. The van der Waals surface area contributed by atoms with Gasteiger partial charge in [-0.15, -0.1) is 0 Å². The van der Waals surface area contributed by atoms with Crippen LogP contribution in [0.1, 0.15) is 36.5 Å². The summed E-state index contributed by atoms with van der Waals surface area (Å²) in [6.07, 6.45) is 1.55. The molecule has 2 atom stereocenters. The van der Waals surface area contributed by atoms with Gasteiger partial charge in [0.1, 0.15) is 17.7 Å². The zero-order chi connectivity index (χ0) is 31.4. The van der Waals surface area contributed by atoms with Gasteiger partial charge in [-0.2, -0.15) is 5.10 Å². The van der Waals surface area contributed by atoms with Crippen LogP contribution in [-0.4, -0.2) is 50.4 Å². The van der Waals surface area contributed by atoms with Crippen LogP contribution in [0.5, 0.6) is 0 Å². The van der Waals surface area contributed by atoms with Gasteiger partial charge in [0.25, 0.3) is 0 Å². The first-order chi connectivity index (χ1) is 21.2. The molecule has 1 aliphatic rings. The maximum atomic E-state index is 14.5. The molecule has 0 N–H and O–H groups in total. The highest BCUT2D eigenvalue weighted by molar-refractivity contribution is 7.96. The third-order valence-electron chi connectivity index (χ3n) is 8.27. The van der Waals surface area contributed by atoms with Gasteiger partial charge in [-0.05, 0) is 34.8 Å². The first-order valence-corrected chi connectivity index (χ1v) is 16.6. The number of rotatable bonds is 11. The molecule has 44 heavy (non-hydrogen) atoms. The molecule has 8 heteroatoms. The average Bonchev–Trinajstić information content (AvgIpc) is 3.38. The van der Waals surface area contributed by atoms with E-state index in [4.69, 9.17) is 4.74 Å². The lowest BCUT2D eigenvalue weighted by Crippen LogP contribution is -2.67. The van der Waals surface area contributed by atoms with Crippen molar-refractivity contribution < 1.29 is 19.1 Å². The monoisotopic (exact) mass is 607 g/mol. The predicted octanol–water partition coefficient (Wildman–Crippen LogP) is 4.64. The van der Waals surface area contributed by atoms with Crippen molar-refractivity contribution in [2.24, 2.45) is 18.9 Å². The van der Waals surface area contributed by atoms with E-state index in [1.165, 1.54) is 6.08 Å². The third kappa shape index (κ3) is 5.48. The highest BCUT2D eigenvalue weighted by atomic mass is 31.2. The van der Waals surface area contributed by atoms with Gasteiger partial charge in [-0.3, -0.25) is 14.3 Å². The van der Waals surface area contributed by atoms with Crippen LogP contribution >= 0.6 is 6.89 Å². The SMILES string of the molecule is C=CCOC(=O)C(N1C(=O)C(C(C)C)C1CC(=O)c1cc(C)n(C)n1)=P(c1ccccc1)(c1ccccc1)c1ccccc1. The summed E-state index contributed by atoms with van der Waals surface area (Å²) < 4.78 is 7.49. The van der Waals surface area contributed by atoms with Crippen molar-refractivity contribution in [1.82, 2.24) is 14.7 Å². The van der Waals surface area contributed by atoms with E-state index < -0.39 is 24.8 Å². The maximum absolute atomic E-state index is 14.5. The van der Waals surface area contributed by atoms with E-state index in [9.17, 15) is 14.4 Å². The molecular formula is C36H38N3O4P. The van der Waals surface area contributed by atoms with E-state index in [2.05, 4.69) is 11.7 Å². The van der Waals surface area contributed by atoms with Crippen LogP contribution in [0.15, 0.2) is 110 Å². The number of nitrogens with zero attached hydrogens (tertiary/aromatic N) is 3. The number of ether oxygens (including phenoxy) is 1. The summed E-state index contributed by atoms with van der Waals surface area (Å²) in [5.41, 5.74) is 1.47. The van der Waals surface area contributed by atoms with E-state index in [0.717, 1.165) is 21.6 Å². The maximum Gasteiger partial charge on any atom is 0.356 e. The molecule has 1 saturated heterocycles. The summed E-state index contributed by atoms with van der Waals surface area (Å²) in [5.74, 6) is -1.46. The van der Waals surface area contributed by atoms with Crippen LogP contribution in [-0.2, 0) is 21.4 Å². The van der Waals surface area contributed by atoms with E-state index in [0.29, 0.717) is 5.69 Å². The topological polar surface area (TPSA) is 81.5 Å². The number of aromatic nitrogens is 2. The zero-order valence-corrected chi connectivity index (χ0v) is 26.5. The molecule has 0 radical (unpaired) electrons. The first-order valence-electron chi connectivity index (χ1n) is 14.8. The van der Waals surface area contributed by atoms with Crippen LogP contribution in [0.3, 0.4) is 0 Å². The molecule has 1 fully saturated rings. The molecule has 4 aromatic rings. The molecule has 7 nitrogen and oxygen atoms in total. The number of aryl methyl sites for hydroxylation is 2. The molecule has 0 bridgehead atoms. The number of esters is 1. The van der Waals surface area contributed by atoms with Crippen LogP contribution < -0.4 is 15.9 Å². The molecule has 0 spiro atoms. The van der Waals surface area contributed by atoms with Gasteiger partial charge in [0.2, 0.25) is 5.91 Å². The number of β-lactam (4-membered cyclic amide) rings is 1. The molecular weight excluding hydrogens is 569 g/mol. The molecule has 2 heterocycles. The highest BCUT2D eigenvalue weighted by Crippen LogP contribution is 2.50. The molecule has 5 rings (SSSR count). The summed E-state index contributed by atoms with van der Waals surface area (Å²) in [6.45, 7) is 6.52. The number of Topliss-reactive ketones (excluding diaryl/α,β-unsaturated/α-hetero) is 1. The van der Waals surface area contributed by atoms with Gasteiger partial charge in [-0.25, -0.2) is 4.79 Å². The first kappa shape index (κ1) is 31.0. The van der Waals surface area contributed by atoms with Crippen LogP contribution in [0.25, 0.3) is 0 Å². The Labute approximate surface area is 259 Å². The Morgan fingerprint density at radius 2 is 1.43 bits per heavy atom. The van der Waals surface area contributed by atoms with Gasteiger partial charge in [-0.1, -0.05) is 117 Å². The molecule has 226 valence electrons. The van der Waals surface area contributed by atoms with E-state index in [-0.39, 0.29) is 36.1 Å². The van der Waals surface area contributed by atoms with E-state index in [1.54, 1.807) is 22.7 Å². The van der Waals surface area contributed by atoms with Gasteiger partial charge in [0.15, 0.2) is 5.78 Å². The van der Waals surface area contributed by atoms with Crippen molar-refractivity contribution >= 4 is 45.9 Å².